The highest BCUT2D eigenvalue weighted by molar-refractivity contribution is 7.86. The van der Waals surface area contributed by atoms with Crippen LogP contribution in [0.4, 0.5) is 17.1 Å². The van der Waals surface area contributed by atoms with Gasteiger partial charge in [-0.3, -0.25) is 24.6 Å². The van der Waals surface area contributed by atoms with Crippen molar-refractivity contribution in [1.82, 2.24) is 4.98 Å². The van der Waals surface area contributed by atoms with Gasteiger partial charge in [-0.25, -0.2) is 4.21 Å². The molecule has 0 fully saturated rings. The molecular formula is C18H14N4O4S. The molecule has 2 aromatic carbocycles. The SMILES string of the molecule is O=C(Nc1ccc(S(=O)Nc2ccccc2[N+](=O)[O-])cc1)c1ccccn1. The molecule has 0 spiro atoms. The summed E-state index contributed by atoms with van der Waals surface area (Å²) in [5, 5.41) is 13.7. The number of nitrogens with zero attached hydrogens (tertiary/aromatic N) is 2. The van der Waals surface area contributed by atoms with E-state index in [9.17, 15) is 19.1 Å². The summed E-state index contributed by atoms with van der Waals surface area (Å²) in [7, 11) is -1.70. The molecule has 9 heteroatoms. The second-order valence-electron chi connectivity index (χ2n) is 5.34. The van der Waals surface area contributed by atoms with E-state index in [1.54, 1.807) is 48.5 Å². The summed E-state index contributed by atoms with van der Waals surface area (Å²) in [6.07, 6.45) is 1.52. The maximum Gasteiger partial charge on any atom is 0.293 e. The van der Waals surface area contributed by atoms with Crippen molar-refractivity contribution < 1.29 is 13.9 Å². The first-order valence-corrected chi connectivity index (χ1v) is 8.94. The fraction of sp³-hybridized carbons (Fsp3) is 0. The Morgan fingerprint density at radius 3 is 2.37 bits per heavy atom. The predicted molar refractivity (Wildman–Crippen MR) is 102 cm³/mol. The Morgan fingerprint density at radius 1 is 1.00 bits per heavy atom. The highest BCUT2D eigenvalue weighted by Gasteiger charge is 2.15. The van der Waals surface area contributed by atoms with Crippen molar-refractivity contribution >= 4 is 34.0 Å². The van der Waals surface area contributed by atoms with Crippen LogP contribution in [0.2, 0.25) is 0 Å². The number of hydrogen-bond acceptors (Lipinski definition) is 5. The molecule has 0 aliphatic carbocycles. The van der Waals surface area contributed by atoms with Crippen LogP contribution in [0.1, 0.15) is 10.5 Å². The molecular weight excluding hydrogens is 368 g/mol. The number of aromatic nitrogens is 1. The Balaban J connectivity index is 1.69. The molecule has 3 rings (SSSR count). The van der Waals surface area contributed by atoms with E-state index in [1.165, 1.54) is 24.4 Å². The fourth-order valence-electron chi connectivity index (χ4n) is 2.23. The quantitative estimate of drug-likeness (QED) is 0.501. The number of hydrogen-bond donors (Lipinski definition) is 2. The average Bonchev–Trinajstić information content (AvgIpc) is 2.69. The number of pyridine rings is 1. The van der Waals surface area contributed by atoms with Crippen LogP contribution in [0.3, 0.4) is 0 Å². The lowest BCUT2D eigenvalue weighted by Gasteiger charge is -2.08. The van der Waals surface area contributed by atoms with Gasteiger partial charge in [0.25, 0.3) is 11.6 Å². The van der Waals surface area contributed by atoms with Crippen molar-refractivity contribution in [2.45, 2.75) is 4.90 Å². The van der Waals surface area contributed by atoms with E-state index in [2.05, 4.69) is 15.0 Å². The topological polar surface area (TPSA) is 114 Å². The van der Waals surface area contributed by atoms with Crippen LogP contribution in [0.15, 0.2) is 77.8 Å². The van der Waals surface area contributed by atoms with Crippen molar-refractivity contribution in [2.75, 3.05) is 10.0 Å². The van der Waals surface area contributed by atoms with Gasteiger partial charge in [-0.2, -0.15) is 0 Å². The zero-order chi connectivity index (χ0) is 19.2. The molecule has 2 N–H and O–H groups in total. The summed E-state index contributed by atoms with van der Waals surface area (Å²) in [6, 6.07) is 17.3. The highest BCUT2D eigenvalue weighted by atomic mass is 32.2. The largest absolute Gasteiger partial charge is 0.321 e. The summed E-state index contributed by atoms with van der Waals surface area (Å²) in [4.78, 5) is 26.9. The summed E-state index contributed by atoms with van der Waals surface area (Å²) in [6.45, 7) is 0. The molecule has 136 valence electrons. The molecule has 0 radical (unpaired) electrons. The fourth-order valence-corrected chi connectivity index (χ4v) is 3.11. The zero-order valence-corrected chi connectivity index (χ0v) is 14.7. The predicted octanol–water partition coefficient (Wildman–Crippen LogP) is 3.38. The molecule has 0 aliphatic heterocycles. The van der Waals surface area contributed by atoms with E-state index in [1.807, 2.05) is 0 Å². The van der Waals surface area contributed by atoms with Gasteiger partial charge >= 0.3 is 0 Å². The third-order valence-electron chi connectivity index (χ3n) is 3.53. The first-order valence-electron chi connectivity index (χ1n) is 7.79. The van der Waals surface area contributed by atoms with E-state index in [-0.39, 0.29) is 23.0 Å². The molecule has 0 bridgehead atoms. The summed E-state index contributed by atoms with van der Waals surface area (Å²) >= 11 is 0. The average molecular weight is 382 g/mol. The van der Waals surface area contributed by atoms with Crippen molar-refractivity contribution in [2.24, 2.45) is 0 Å². The minimum atomic E-state index is -1.70. The van der Waals surface area contributed by atoms with Crippen molar-refractivity contribution in [3.05, 3.63) is 88.7 Å². The monoisotopic (exact) mass is 382 g/mol. The Kier molecular flexibility index (Phi) is 5.53. The number of nitrogens with one attached hydrogen (secondary N) is 2. The second-order valence-corrected chi connectivity index (χ2v) is 6.55. The third-order valence-corrected chi connectivity index (χ3v) is 4.63. The summed E-state index contributed by atoms with van der Waals surface area (Å²) in [5.74, 6) is -0.359. The first kappa shape index (κ1) is 18.2. The van der Waals surface area contributed by atoms with Gasteiger partial charge in [-0.1, -0.05) is 18.2 Å². The molecule has 1 amide bonds. The van der Waals surface area contributed by atoms with Gasteiger partial charge < -0.3 is 5.32 Å². The van der Waals surface area contributed by atoms with Gasteiger partial charge in [0.15, 0.2) is 0 Å². The minimum absolute atomic E-state index is 0.161. The lowest BCUT2D eigenvalue weighted by atomic mass is 10.3. The van der Waals surface area contributed by atoms with E-state index in [4.69, 9.17) is 0 Å². The Morgan fingerprint density at radius 2 is 1.70 bits per heavy atom. The normalized spacial score (nSPS) is 11.4. The van der Waals surface area contributed by atoms with Gasteiger partial charge in [0.2, 0.25) is 0 Å². The standard InChI is InChI=1S/C18H14N4O4S/c23-18(16-6-3-4-12-19-16)20-13-8-10-14(11-9-13)27(26)21-15-5-1-2-7-17(15)22(24)25/h1-12,21H,(H,20,23). The number of benzene rings is 2. The van der Waals surface area contributed by atoms with Gasteiger partial charge in [0.1, 0.15) is 22.4 Å². The number of amides is 1. The number of nitro groups is 1. The molecule has 3 aromatic rings. The number of rotatable bonds is 6. The maximum absolute atomic E-state index is 12.4. The molecule has 0 saturated heterocycles. The zero-order valence-electron chi connectivity index (χ0n) is 13.9. The van der Waals surface area contributed by atoms with Crippen molar-refractivity contribution in [1.29, 1.82) is 0 Å². The molecule has 27 heavy (non-hydrogen) atoms. The van der Waals surface area contributed by atoms with Crippen molar-refractivity contribution in [3.63, 3.8) is 0 Å². The van der Waals surface area contributed by atoms with Gasteiger partial charge in [-0.15, -0.1) is 0 Å². The van der Waals surface area contributed by atoms with Gasteiger partial charge in [0.05, 0.1) is 9.82 Å². The van der Waals surface area contributed by atoms with Crippen LogP contribution in [-0.2, 0) is 11.0 Å². The minimum Gasteiger partial charge on any atom is -0.321 e. The number of anilines is 2. The molecule has 1 aromatic heterocycles. The smallest absolute Gasteiger partial charge is 0.293 e. The first-order chi connectivity index (χ1) is 13.0. The molecule has 1 heterocycles. The highest BCUT2D eigenvalue weighted by Crippen LogP contribution is 2.25. The molecule has 1 unspecified atom stereocenters. The maximum atomic E-state index is 12.4. The van der Waals surface area contributed by atoms with Crippen LogP contribution >= 0.6 is 0 Å². The van der Waals surface area contributed by atoms with Crippen LogP contribution in [0.25, 0.3) is 0 Å². The lowest BCUT2D eigenvalue weighted by Crippen LogP contribution is -2.13. The van der Waals surface area contributed by atoms with E-state index in [0.29, 0.717) is 10.6 Å². The van der Waals surface area contributed by atoms with Crippen molar-refractivity contribution in [3.8, 4) is 0 Å². The van der Waals surface area contributed by atoms with Crippen LogP contribution in [0, 0.1) is 10.1 Å². The van der Waals surface area contributed by atoms with Crippen LogP contribution in [-0.4, -0.2) is 20.0 Å². The summed E-state index contributed by atoms with van der Waals surface area (Å²) in [5.41, 5.74) is 0.791. The third kappa shape index (κ3) is 4.53. The van der Waals surface area contributed by atoms with E-state index in [0.717, 1.165) is 0 Å². The number of nitro benzene ring substituents is 1. The Bertz CT molecular complexity index is 994. The second kappa shape index (κ2) is 8.19. The van der Waals surface area contributed by atoms with Crippen LogP contribution in [0.5, 0.6) is 0 Å². The number of carbonyl (C=O) groups is 1. The lowest BCUT2D eigenvalue weighted by molar-refractivity contribution is -0.383. The Hall–Kier alpha value is -3.59. The molecule has 1 atom stereocenters. The number of para-hydroxylation sites is 2. The Labute approximate surface area is 157 Å². The van der Waals surface area contributed by atoms with E-state index >= 15 is 0 Å². The van der Waals surface area contributed by atoms with Gasteiger partial charge in [0, 0.05) is 18.0 Å². The number of carbonyl (C=O) groups excluding carboxylic acids is 1. The van der Waals surface area contributed by atoms with E-state index < -0.39 is 15.9 Å². The summed E-state index contributed by atoms with van der Waals surface area (Å²) < 4.78 is 15.1. The molecule has 0 aliphatic rings. The van der Waals surface area contributed by atoms with Gasteiger partial charge in [-0.05, 0) is 42.5 Å². The molecule has 0 saturated carbocycles. The van der Waals surface area contributed by atoms with Crippen LogP contribution < -0.4 is 10.0 Å². The molecule has 8 nitrogen and oxygen atoms in total.